The molecule has 5 rings (SSSR count). The standard InChI is InChI=1S/C26H24N6O3S/c1-16-24(18-7-8-21(35-3)22(12-18)36-34)26-29-20(15-33)13-23(32(26)30-16)28-14-17-5-4-6-19(11-17)25-27-9-10-31(25)2/h4-13,33H,14-15H2,1-3H3/p+1. The molecule has 0 fully saturated rings. The molecule has 2 aromatic carbocycles. The van der Waals surface area contributed by atoms with Gasteiger partial charge in [0.1, 0.15) is 30.4 Å². The van der Waals surface area contributed by atoms with Crippen LogP contribution < -0.4 is 4.74 Å². The van der Waals surface area contributed by atoms with Crippen molar-refractivity contribution in [3.8, 4) is 17.1 Å². The molecule has 182 valence electrons. The lowest BCUT2D eigenvalue weighted by Gasteiger charge is -2.11. The number of aliphatic imine (C=N–C) groups is 2. The van der Waals surface area contributed by atoms with Gasteiger partial charge in [0.25, 0.3) is 11.7 Å². The summed E-state index contributed by atoms with van der Waals surface area (Å²) in [7, 11) is 3.52. The first-order valence-corrected chi connectivity index (χ1v) is 12.0. The summed E-state index contributed by atoms with van der Waals surface area (Å²) in [5, 5.41) is 14.6. The van der Waals surface area contributed by atoms with Crippen LogP contribution in [-0.4, -0.2) is 49.3 Å². The maximum Gasteiger partial charge on any atom is 0.296 e. The number of imidazole rings is 1. The highest BCUT2D eigenvalue weighted by Crippen LogP contribution is 2.35. The molecule has 0 radical (unpaired) electrons. The molecular formula is C26H25N6O3S+. The highest BCUT2D eigenvalue weighted by molar-refractivity contribution is 7.93. The number of rotatable bonds is 7. The molecule has 0 amide bonds. The van der Waals surface area contributed by atoms with E-state index in [0.29, 0.717) is 46.6 Å². The van der Waals surface area contributed by atoms with Crippen LogP contribution in [-0.2, 0) is 13.6 Å². The minimum Gasteiger partial charge on any atom is -0.495 e. The Hall–Kier alpha value is -3.86. The number of benzene rings is 2. The van der Waals surface area contributed by atoms with Crippen LogP contribution in [0.3, 0.4) is 0 Å². The zero-order valence-electron chi connectivity index (χ0n) is 20.1. The van der Waals surface area contributed by atoms with Gasteiger partial charge in [-0.3, -0.25) is 0 Å². The summed E-state index contributed by atoms with van der Waals surface area (Å²) in [5.41, 5.74) is 4.92. The Morgan fingerprint density at radius 2 is 2.03 bits per heavy atom. The number of amidine groups is 2. The van der Waals surface area contributed by atoms with Gasteiger partial charge in [-0.15, -0.1) is 15.1 Å². The van der Waals surface area contributed by atoms with E-state index in [4.69, 9.17) is 14.8 Å². The zero-order valence-corrected chi connectivity index (χ0v) is 20.9. The number of aryl methyl sites for hydroxylation is 1. The molecule has 2 N–H and O–H groups in total. The molecular weight excluding hydrogens is 476 g/mol. The second-order valence-electron chi connectivity index (χ2n) is 8.29. The van der Waals surface area contributed by atoms with Crippen LogP contribution in [0.15, 0.2) is 92.3 Å². The second kappa shape index (κ2) is 10.0. The molecule has 0 bridgehead atoms. The summed E-state index contributed by atoms with van der Waals surface area (Å²) in [4.78, 5) is 14.5. The van der Waals surface area contributed by atoms with Gasteiger partial charge in [-0.25, -0.2) is 4.98 Å². The van der Waals surface area contributed by atoms with E-state index >= 15 is 0 Å². The van der Waals surface area contributed by atoms with E-state index in [1.54, 1.807) is 30.1 Å². The molecule has 1 aromatic heterocycles. The van der Waals surface area contributed by atoms with Crippen molar-refractivity contribution < 1.29 is 19.1 Å². The van der Waals surface area contributed by atoms with Gasteiger partial charge in [-0.05, 0) is 36.2 Å². The lowest BCUT2D eigenvalue weighted by molar-refractivity contribution is -0.345. The summed E-state index contributed by atoms with van der Waals surface area (Å²) in [6.45, 7) is 2.10. The summed E-state index contributed by atoms with van der Waals surface area (Å²) < 4.78 is 18.7. The van der Waals surface area contributed by atoms with Crippen molar-refractivity contribution in [3.63, 3.8) is 0 Å². The van der Waals surface area contributed by atoms with Gasteiger partial charge >= 0.3 is 0 Å². The lowest BCUT2D eigenvalue weighted by atomic mass is 10.0. The Kier molecular flexibility index (Phi) is 6.64. The predicted molar refractivity (Wildman–Crippen MR) is 139 cm³/mol. The number of fused-ring (bicyclic) bond motifs is 1. The van der Waals surface area contributed by atoms with Crippen LogP contribution in [0.2, 0.25) is 0 Å². The van der Waals surface area contributed by atoms with Crippen molar-refractivity contribution in [2.24, 2.45) is 22.1 Å². The van der Waals surface area contributed by atoms with Crippen LogP contribution >= 0.6 is 12.0 Å². The van der Waals surface area contributed by atoms with Crippen LogP contribution in [0.4, 0.5) is 0 Å². The minimum absolute atomic E-state index is 0.225. The Morgan fingerprint density at radius 3 is 2.75 bits per heavy atom. The number of aliphatic hydroxyl groups is 1. The lowest BCUT2D eigenvalue weighted by Crippen LogP contribution is -2.27. The summed E-state index contributed by atoms with van der Waals surface area (Å²) in [6.07, 6.45) is 5.44. The molecule has 0 spiro atoms. The maximum atomic E-state index is 9.90. The summed E-state index contributed by atoms with van der Waals surface area (Å²) in [5.74, 6) is 2.63. The first kappa shape index (κ1) is 23.9. The molecule has 0 aliphatic carbocycles. The van der Waals surface area contributed by atoms with Gasteiger partial charge in [-0.1, -0.05) is 29.0 Å². The molecule has 9 nitrogen and oxygen atoms in total. The van der Waals surface area contributed by atoms with Gasteiger partial charge in [0.15, 0.2) is 0 Å². The van der Waals surface area contributed by atoms with Crippen molar-refractivity contribution >= 4 is 29.3 Å². The second-order valence-corrected chi connectivity index (χ2v) is 8.92. The third-order valence-electron chi connectivity index (χ3n) is 5.94. The highest BCUT2D eigenvalue weighted by Gasteiger charge is 2.36. The van der Waals surface area contributed by atoms with E-state index in [1.165, 1.54) is 0 Å². The number of methoxy groups -OCH3 is 1. The number of nitrogens with zero attached hydrogens (tertiary/aromatic N) is 6. The van der Waals surface area contributed by atoms with Crippen molar-refractivity contribution in [2.75, 3.05) is 13.7 Å². The summed E-state index contributed by atoms with van der Waals surface area (Å²) >= 11 is 0.623. The van der Waals surface area contributed by atoms with E-state index in [-0.39, 0.29) is 6.61 Å². The first-order valence-electron chi connectivity index (χ1n) is 11.3. The summed E-state index contributed by atoms with van der Waals surface area (Å²) in [6, 6.07) is 13.6. The van der Waals surface area contributed by atoms with Crippen molar-refractivity contribution in [2.45, 2.75) is 18.4 Å². The van der Waals surface area contributed by atoms with Crippen LogP contribution in [0, 0.1) is 0 Å². The monoisotopic (exact) mass is 501 g/mol. The van der Waals surface area contributed by atoms with Gasteiger partial charge in [0, 0.05) is 37.0 Å². The number of allylic oxidation sites excluding steroid dienone is 1. The molecule has 3 aromatic rings. The molecule has 0 unspecified atom stereocenters. The average molecular weight is 502 g/mol. The van der Waals surface area contributed by atoms with Crippen LogP contribution in [0.25, 0.3) is 17.0 Å². The fourth-order valence-corrected chi connectivity index (χ4v) is 4.64. The van der Waals surface area contributed by atoms with Crippen LogP contribution in [0.5, 0.6) is 5.75 Å². The maximum absolute atomic E-state index is 9.90. The van der Waals surface area contributed by atoms with Crippen molar-refractivity contribution in [1.82, 2.24) is 9.55 Å². The van der Waals surface area contributed by atoms with Crippen molar-refractivity contribution in [1.29, 1.82) is 0 Å². The van der Waals surface area contributed by atoms with E-state index in [2.05, 4.69) is 16.0 Å². The highest BCUT2D eigenvalue weighted by atomic mass is 32.2. The van der Waals surface area contributed by atoms with Gasteiger partial charge in [0.2, 0.25) is 0 Å². The van der Waals surface area contributed by atoms with Crippen molar-refractivity contribution in [3.05, 3.63) is 83.5 Å². The van der Waals surface area contributed by atoms with E-state index in [1.807, 2.05) is 55.1 Å². The molecule has 2 aliphatic rings. The minimum atomic E-state index is -0.225. The smallest absolute Gasteiger partial charge is 0.296 e. The number of hydrogen-bond donors (Lipinski definition) is 2. The zero-order chi connectivity index (χ0) is 25.2. The number of hydrogen-bond acceptors (Lipinski definition) is 8. The Labute approximate surface area is 212 Å². The number of aliphatic hydroxyl groups excluding tert-OH is 1. The molecule has 2 aliphatic heterocycles. The van der Waals surface area contributed by atoms with E-state index in [0.717, 1.165) is 33.8 Å². The molecule has 3 heterocycles. The van der Waals surface area contributed by atoms with Crippen LogP contribution in [0.1, 0.15) is 18.1 Å². The molecule has 0 saturated carbocycles. The van der Waals surface area contributed by atoms with E-state index in [9.17, 15) is 9.66 Å². The SMILES string of the molecule is COc1ccc(C2=C(C)N=[N+]3C(=NCc4cccc(-c5nccn5C)c4)C=C(CO)N=C23)cc1SO. The molecule has 0 saturated heterocycles. The van der Waals surface area contributed by atoms with E-state index < -0.39 is 0 Å². The largest absolute Gasteiger partial charge is 0.495 e. The molecule has 10 heteroatoms. The molecule has 0 atom stereocenters. The van der Waals surface area contributed by atoms with Gasteiger partial charge in [0.05, 0.1) is 29.4 Å². The topological polar surface area (TPSA) is 108 Å². The number of azo groups is 2. The molecule has 36 heavy (non-hydrogen) atoms. The Morgan fingerprint density at radius 1 is 1.17 bits per heavy atom. The third-order valence-corrected chi connectivity index (χ3v) is 6.46. The Bertz CT molecular complexity index is 1500. The quantitative estimate of drug-likeness (QED) is 0.359. The predicted octanol–water partition coefficient (Wildman–Crippen LogP) is 4.76. The number of aromatic nitrogens is 2. The van der Waals surface area contributed by atoms with Gasteiger partial charge < -0.3 is 19.0 Å². The first-order chi connectivity index (χ1) is 17.5. The normalized spacial score (nSPS) is 16.1. The fraction of sp³-hybridized carbons (Fsp3) is 0.192. The Balaban J connectivity index is 1.47. The van der Waals surface area contributed by atoms with Gasteiger partial charge in [-0.2, -0.15) is 0 Å². The fourth-order valence-electron chi connectivity index (χ4n) is 4.22. The number of ether oxygens (including phenoxy) is 1. The average Bonchev–Trinajstić information content (AvgIpc) is 3.48. The third kappa shape index (κ3) is 4.41.